The molecule has 1 aromatic heterocycles. The van der Waals surface area contributed by atoms with E-state index in [1.807, 2.05) is 37.4 Å². The van der Waals surface area contributed by atoms with Crippen LogP contribution in [0.3, 0.4) is 0 Å². The number of rotatable bonds is 3. The molecule has 5 heteroatoms. The molecule has 0 unspecified atom stereocenters. The fourth-order valence-corrected chi connectivity index (χ4v) is 2.18. The Morgan fingerprint density at radius 2 is 2.06 bits per heavy atom. The fourth-order valence-electron chi connectivity index (χ4n) is 1.33. The molecule has 0 fully saturated rings. The van der Waals surface area contributed by atoms with Crippen LogP contribution in [0.1, 0.15) is 5.56 Å². The molecule has 0 aliphatic rings. The standard InChI is InChI=1S/C12H11BrN2OS/c1-8-5-9(13)3-4-10(8)16-11-6-12(17-2)15-7-14-11/h3-7H,1-2H3. The predicted molar refractivity (Wildman–Crippen MR) is 72.8 cm³/mol. The van der Waals surface area contributed by atoms with Crippen LogP contribution in [0.25, 0.3) is 0 Å². The van der Waals surface area contributed by atoms with E-state index in [2.05, 4.69) is 25.9 Å². The van der Waals surface area contributed by atoms with E-state index in [-0.39, 0.29) is 0 Å². The molecule has 0 bridgehead atoms. The third kappa shape index (κ3) is 3.20. The minimum absolute atomic E-state index is 0.565. The van der Waals surface area contributed by atoms with Gasteiger partial charge in [-0.3, -0.25) is 0 Å². The summed E-state index contributed by atoms with van der Waals surface area (Å²) in [6, 6.07) is 7.69. The maximum Gasteiger partial charge on any atom is 0.223 e. The molecule has 1 aromatic carbocycles. The molecule has 0 saturated carbocycles. The van der Waals surface area contributed by atoms with Crippen molar-refractivity contribution in [3.8, 4) is 11.6 Å². The molecule has 0 spiro atoms. The largest absolute Gasteiger partial charge is 0.439 e. The quantitative estimate of drug-likeness (QED) is 0.632. The van der Waals surface area contributed by atoms with Crippen LogP contribution in [0.15, 0.2) is 40.1 Å². The predicted octanol–water partition coefficient (Wildman–Crippen LogP) is 4.06. The maximum atomic E-state index is 5.72. The highest BCUT2D eigenvalue weighted by Crippen LogP contribution is 2.27. The first-order chi connectivity index (χ1) is 8.19. The summed E-state index contributed by atoms with van der Waals surface area (Å²) in [5, 5.41) is 0.893. The molecule has 0 radical (unpaired) electrons. The van der Waals surface area contributed by atoms with E-state index in [4.69, 9.17) is 4.74 Å². The Morgan fingerprint density at radius 3 is 2.76 bits per heavy atom. The Hall–Kier alpha value is -1.07. The van der Waals surface area contributed by atoms with Gasteiger partial charge in [0.05, 0.1) is 0 Å². The number of hydrogen-bond donors (Lipinski definition) is 0. The molecule has 17 heavy (non-hydrogen) atoms. The smallest absolute Gasteiger partial charge is 0.223 e. The van der Waals surface area contributed by atoms with E-state index >= 15 is 0 Å². The molecule has 0 saturated heterocycles. The van der Waals surface area contributed by atoms with E-state index in [9.17, 15) is 0 Å². The molecule has 2 aromatic rings. The Morgan fingerprint density at radius 1 is 1.24 bits per heavy atom. The number of thioether (sulfide) groups is 1. The number of ether oxygens (including phenoxy) is 1. The highest BCUT2D eigenvalue weighted by Gasteiger charge is 2.04. The Labute approximate surface area is 113 Å². The van der Waals surface area contributed by atoms with Crippen molar-refractivity contribution >= 4 is 27.7 Å². The first kappa shape index (κ1) is 12.4. The van der Waals surface area contributed by atoms with Crippen LogP contribution in [0.2, 0.25) is 0 Å². The zero-order valence-corrected chi connectivity index (χ0v) is 11.9. The van der Waals surface area contributed by atoms with Gasteiger partial charge in [-0.25, -0.2) is 9.97 Å². The van der Waals surface area contributed by atoms with Crippen molar-refractivity contribution in [2.75, 3.05) is 6.26 Å². The molecule has 1 heterocycles. The van der Waals surface area contributed by atoms with Gasteiger partial charge in [-0.1, -0.05) is 15.9 Å². The van der Waals surface area contributed by atoms with Gasteiger partial charge in [0.25, 0.3) is 0 Å². The Balaban J connectivity index is 2.25. The molecule has 0 aliphatic carbocycles. The van der Waals surface area contributed by atoms with Crippen molar-refractivity contribution in [1.29, 1.82) is 0 Å². The van der Waals surface area contributed by atoms with Gasteiger partial charge >= 0.3 is 0 Å². The van der Waals surface area contributed by atoms with Gasteiger partial charge in [0, 0.05) is 10.5 Å². The van der Waals surface area contributed by atoms with Crippen molar-refractivity contribution in [2.24, 2.45) is 0 Å². The summed E-state index contributed by atoms with van der Waals surface area (Å²) in [6.45, 7) is 2.00. The van der Waals surface area contributed by atoms with E-state index < -0.39 is 0 Å². The van der Waals surface area contributed by atoms with Gasteiger partial charge in [0.1, 0.15) is 17.1 Å². The number of halogens is 1. The number of benzene rings is 1. The molecule has 0 atom stereocenters. The van der Waals surface area contributed by atoms with Crippen LogP contribution in [0, 0.1) is 6.92 Å². The summed E-state index contributed by atoms with van der Waals surface area (Å²) in [4.78, 5) is 8.19. The Bertz CT molecular complexity index is 534. The van der Waals surface area contributed by atoms with Crippen LogP contribution >= 0.6 is 27.7 Å². The summed E-state index contributed by atoms with van der Waals surface area (Å²) in [5.74, 6) is 1.37. The van der Waals surface area contributed by atoms with Crippen LogP contribution in [0.4, 0.5) is 0 Å². The second-order valence-corrected chi connectivity index (χ2v) is 5.15. The zero-order chi connectivity index (χ0) is 12.3. The maximum absolute atomic E-state index is 5.72. The van der Waals surface area contributed by atoms with Gasteiger partial charge in [0.2, 0.25) is 5.88 Å². The third-order valence-electron chi connectivity index (χ3n) is 2.18. The molecule has 0 N–H and O–H groups in total. The van der Waals surface area contributed by atoms with E-state index in [1.165, 1.54) is 6.33 Å². The molecule has 2 rings (SSSR count). The van der Waals surface area contributed by atoms with Gasteiger partial charge < -0.3 is 4.74 Å². The van der Waals surface area contributed by atoms with Crippen molar-refractivity contribution in [3.05, 3.63) is 40.6 Å². The van der Waals surface area contributed by atoms with E-state index in [1.54, 1.807) is 11.8 Å². The molecule has 3 nitrogen and oxygen atoms in total. The second-order valence-electron chi connectivity index (χ2n) is 3.41. The molecule has 0 amide bonds. The van der Waals surface area contributed by atoms with Gasteiger partial charge in [-0.15, -0.1) is 11.8 Å². The number of hydrogen-bond acceptors (Lipinski definition) is 4. The SMILES string of the molecule is CSc1cc(Oc2ccc(Br)cc2C)ncn1. The van der Waals surface area contributed by atoms with E-state index in [0.29, 0.717) is 5.88 Å². The first-order valence-electron chi connectivity index (χ1n) is 4.99. The highest BCUT2D eigenvalue weighted by atomic mass is 79.9. The average molecular weight is 311 g/mol. The molecule has 0 aliphatic heterocycles. The minimum atomic E-state index is 0.565. The number of aromatic nitrogens is 2. The lowest BCUT2D eigenvalue weighted by molar-refractivity contribution is 0.455. The lowest BCUT2D eigenvalue weighted by atomic mass is 10.2. The lowest BCUT2D eigenvalue weighted by Gasteiger charge is -2.08. The third-order valence-corrected chi connectivity index (χ3v) is 3.31. The molecular weight excluding hydrogens is 300 g/mol. The number of nitrogens with zero attached hydrogens (tertiary/aromatic N) is 2. The highest BCUT2D eigenvalue weighted by molar-refractivity contribution is 9.10. The summed E-state index contributed by atoms with van der Waals surface area (Å²) in [5.41, 5.74) is 1.06. The van der Waals surface area contributed by atoms with Crippen molar-refractivity contribution in [2.45, 2.75) is 11.9 Å². The van der Waals surface area contributed by atoms with E-state index in [0.717, 1.165) is 20.8 Å². The van der Waals surface area contributed by atoms with Crippen molar-refractivity contribution in [1.82, 2.24) is 9.97 Å². The zero-order valence-electron chi connectivity index (χ0n) is 9.48. The Kier molecular flexibility index (Phi) is 4.02. The van der Waals surface area contributed by atoms with Gasteiger partial charge in [-0.05, 0) is 36.9 Å². The summed E-state index contributed by atoms with van der Waals surface area (Å²) < 4.78 is 6.76. The first-order valence-corrected chi connectivity index (χ1v) is 7.01. The normalized spacial score (nSPS) is 10.3. The molecule has 88 valence electrons. The fraction of sp³-hybridized carbons (Fsp3) is 0.167. The minimum Gasteiger partial charge on any atom is -0.439 e. The van der Waals surface area contributed by atoms with Crippen LogP contribution in [0.5, 0.6) is 11.6 Å². The monoisotopic (exact) mass is 310 g/mol. The summed E-state index contributed by atoms with van der Waals surface area (Å²) in [6.07, 6.45) is 3.48. The summed E-state index contributed by atoms with van der Waals surface area (Å²) >= 11 is 4.98. The lowest BCUT2D eigenvalue weighted by Crippen LogP contribution is -1.91. The van der Waals surface area contributed by atoms with Crippen molar-refractivity contribution in [3.63, 3.8) is 0 Å². The number of aryl methyl sites for hydroxylation is 1. The van der Waals surface area contributed by atoms with Gasteiger partial charge in [0.15, 0.2) is 0 Å². The van der Waals surface area contributed by atoms with Gasteiger partial charge in [-0.2, -0.15) is 0 Å². The second kappa shape index (κ2) is 5.51. The average Bonchev–Trinajstić information content (AvgIpc) is 2.33. The van der Waals surface area contributed by atoms with Crippen LogP contribution in [-0.4, -0.2) is 16.2 Å². The van der Waals surface area contributed by atoms with Crippen molar-refractivity contribution < 1.29 is 4.74 Å². The topological polar surface area (TPSA) is 35.0 Å². The van der Waals surface area contributed by atoms with Crippen LogP contribution < -0.4 is 4.74 Å². The molecular formula is C12H11BrN2OS. The summed E-state index contributed by atoms with van der Waals surface area (Å²) in [7, 11) is 0. The van der Waals surface area contributed by atoms with Crippen LogP contribution in [-0.2, 0) is 0 Å².